The Morgan fingerprint density at radius 3 is 2.43 bits per heavy atom. The van der Waals surface area contributed by atoms with Crippen molar-refractivity contribution in [2.24, 2.45) is 0 Å². The van der Waals surface area contributed by atoms with Crippen LogP contribution in [-0.2, 0) is 9.59 Å². The van der Waals surface area contributed by atoms with Crippen molar-refractivity contribution >= 4 is 27.8 Å². The normalized spacial score (nSPS) is 10.5. The van der Waals surface area contributed by atoms with Gasteiger partial charge in [-0.15, -0.1) is 0 Å². The summed E-state index contributed by atoms with van der Waals surface area (Å²) in [6.07, 6.45) is 0.833. The molecule has 1 aromatic rings. The van der Waals surface area contributed by atoms with Crippen LogP contribution in [0.15, 0.2) is 28.7 Å². The summed E-state index contributed by atoms with van der Waals surface area (Å²) in [5, 5.41) is 8.80. The molecule has 0 saturated heterocycles. The maximum atomic E-state index is 12.0. The number of carbonyl (C=O) groups excluding carboxylic acids is 1. The van der Waals surface area contributed by atoms with Gasteiger partial charge in [-0.2, -0.15) is 0 Å². The van der Waals surface area contributed by atoms with Gasteiger partial charge in [0.1, 0.15) is 12.3 Å². The van der Waals surface area contributed by atoms with E-state index in [9.17, 15) is 9.59 Å². The molecule has 1 amide bonds. The molecule has 0 bridgehead atoms. The summed E-state index contributed by atoms with van der Waals surface area (Å²) in [6.45, 7) is 3.77. The van der Waals surface area contributed by atoms with E-state index in [0.29, 0.717) is 13.0 Å². The van der Waals surface area contributed by atoms with Crippen LogP contribution in [0.2, 0.25) is 0 Å². The van der Waals surface area contributed by atoms with E-state index in [0.717, 1.165) is 10.2 Å². The SMILES string of the molecule is CC(C)N(CC(=O)O)C(=O)CCCOc1ccc(Br)cc1. The first-order valence-electron chi connectivity index (χ1n) is 6.79. The van der Waals surface area contributed by atoms with Crippen LogP contribution in [0.1, 0.15) is 26.7 Å². The number of carboxylic acids is 1. The number of hydrogen-bond acceptors (Lipinski definition) is 3. The predicted octanol–water partition coefficient (Wildman–Crippen LogP) is 2.93. The summed E-state index contributed by atoms with van der Waals surface area (Å²) in [7, 11) is 0. The Morgan fingerprint density at radius 2 is 1.90 bits per heavy atom. The Labute approximate surface area is 133 Å². The van der Waals surface area contributed by atoms with Gasteiger partial charge in [0.2, 0.25) is 5.91 Å². The molecule has 0 aliphatic heterocycles. The molecule has 0 aromatic heterocycles. The summed E-state index contributed by atoms with van der Waals surface area (Å²) >= 11 is 3.34. The van der Waals surface area contributed by atoms with Crippen molar-refractivity contribution in [2.45, 2.75) is 32.7 Å². The number of carbonyl (C=O) groups is 2. The molecule has 0 heterocycles. The van der Waals surface area contributed by atoms with Crippen LogP contribution >= 0.6 is 15.9 Å². The number of ether oxygens (including phenoxy) is 1. The average Bonchev–Trinajstić information content (AvgIpc) is 2.42. The Bertz CT molecular complexity index is 473. The van der Waals surface area contributed by atoms with Gasteiger partial charge >= 0.3 is 5.97 Å². The number of aliphatic carboxylic acids is 1. The molecule has 1 N–H and O–H groups in total. The van der Waals surface area contributed by atoms with Gasteiger partial charge in [-0.1, -0.05) is 15.9 Å². The molecular weight excluding hydrogens is 338 g/mol. The Balaban J connectivity index is 2.34. The number of amides is 1. The fraction of sp³-hybridized carbons (Fsp3) is 0.467. The molecule has 0 aliphatic rings. The van der Waals surface area contributed by atoms with Gasteiger partial charge in [0, 0.05) is 16.9 Å². The molecule has 5 nitrogen and oxygen atoms in total. The molecule has 6 heteroatoms. The van der Waals surface area contributed by atoms with Crippen LogP contribution in [0.5, 0.6) is 5.75 Å². The van der Waals surface area contributed by atoms with Crippen molar-refractivity contribution in [1.29, 1.82) is 0 Å². The monoisotopic (exact) mass is 357 g/mol. The number of carboxylic acid groups (broad SMARTS) is 1. The van der Waals surface area contributed by atoms with Crippen molar-refractivity contribution < 1.29 is 19.4 Å². The van der Waals surface area contributed by atoms with Gasteiger partial charge in [0.05, 0.1) is 6.61 Å². The number of halogens is 1. The van der Waals surface area contributed by atoms with E-state index >= 15 is 0 Å². The van der Waals surface area contributed by atoms with Crippen molar-refractivity contribution in [3.8, 4) is 5.75 Å². The second-order valence-electron chi connectivity index (χ2n) is 4.92. The van der Waals surface area contributed by atoms with Crippen molar-refractivity contribution in [3.63, 3.8) is 0 Å². The number of hydrogen-bond donors (Lipinski definition) is 1. The third-order valence-corrected chi connectivity index (χ3v) is 3.40. The predicted molar refractivity (Wildman–Crippen MR) is 83.4 cm³/mol. The second-order valence-corrected chi connectivity index (χ2v) is 5.83. The molecule has 0 aliphatic carbocycles. The second kappa shape index (κ2) is 8.67. The molecule has 0 atom stereocenters. The zero-order valence-corrected chi connectivity index (χ0v) is 13.8. The first-order valence-corrected chi connectivity index (χ1v) is 7.59. The third kappa shape index (κ3) is 6.62. The maximum Gasteiger partial charge on any atom is 0.323 e. The van der Waals surface area contributed by atoms with Crippen LogP contribution in [0.3, 0.4) is 0 Å². The number of benzene rings is 1. The molecule has 0 radical (unpaired) electrons. The molecule has 0 spiro atoms. The quantitative estimate of drug-likeness (QED) is 0.726. The molecule has 0 saturated carbocycles. The highest BCUT2D eigenvalue weighted by Crippen LogP contribution is 2.16. The van der Waals surface area contributed by atoms with Crippen LogP contribution in [-0.4, -0.2) is 41.1 Å². The highest BCUT2D eigenvalue weighted by atomic mass is 79.9. The van der Waals surface area contributed by atoms with Gasteiger partial charge in [0.15, 0.2) is 0 Å². The third-order valence-electron chi connectivity index (χ3n) is 2.87. The van der Waals surface area contributed by atoms with Crippen molar-refractivity contribution in [3.05, 3.63) is 28.7 Å². The highest BCUT2D eigenvalue weighted by Gasteiger charge is 2.19. The van der Waals surface area contributed by atoms with E-state index in [1.54, 1.807) is 13.8 Å². The lowest BCUT2D eigenvalue weighted by atomic mass is 10.2. The van der Waals surface area contributed by atoms with Crippen LogP contribution in [0.25, 0.3) is 0 Å². The van der Waals surface area contributed by atoms with E-state index in [1.165, 1.54) is 4.90 Å². The summed E-state index contributed by atoms with van der Waals surface area (Å²) in [6, 6.07) is 7.33. The fourth-order valence-electron chi connectivity index (χ4n) is 1.79. The average molecular weight is 358 g/mol. The maximum absolute atomic E-state index is 12.0. The first-order chi connectivity index (χ1) is 9.90. The zero-order valence-electron chi connectivity index (χ0n) is 12.2. The topological polar surface area (TPSA) is 66.8 Å². The molecule has 1 rings (SSSR count). The highest BCUT2D eigenvalue weighted by molar-refractivity contribution is 9.10. The van der Waals surface area contributed by atoms with E-state index in [1.807, 2.05) is 24.3 Å². The minimum atomic E-state index is -0.997. The molecule has 21 heavy (non-hydrogen) atoms. The summed E-state index contributed by atoms with van der Waals surface area (Å²) in [5.74, 6) is -0.410. The molecule has 0 unspecified atom stereocenters. The lowest BCUT2D eigenvalue weighted by molar-refractivity contribution is -0.145. The van der Waals surface area contributed by atoms with Crippen LogP contribution in [0.4, 0.5) is 0 Å². The Kier molecular flexibility index (Phi) is 7.22. The molecule has 1 aromatic carbocycles. The Morgan fingerprint density at radius 1 is 1.29 bits per heavy atom. The van der Waals surface area contributed by atoms with E-state index in [-0.39, 0.29) is 24.9 Å². The lowest BCUT2D eigenvalue weighted by Crippen LogP contribution is -2.40. The minimum Gasteiger partial charge on any atom is -0.494 e. The van der Waals surface area contributed by atoms with Gasteiger partial charge in [0.25, 0.3) is 0 Å². The largest absolute Gasteiger partial charge is 0.494 e. The molecular formula is C15H20BrNO4. The van der Waals surface area contributed by atoms with Crippen molar-refractivity contribution in [1.82, 2.24) is 4.90 Å². The summed E-state index contributed by atoms with van der Waals surface area (Å²) in [5.41, 5.74) is 0. The fourth-order valence-corrected chi connectivity index (χ4v) is 2.06. The van der Waals surface area contributed by atoms with E-state index in [2.05, 4.69) is 15.9 Å². The smallest absolute Gasteiger partial charge is 0.323 e. The summed E-state index contributed by atoms with van der Waals surface area (Å²) < 4.78 is 6.50. The van der Waals surface area contributed by atoms with E-state index in [4.69, 9.17) is 9.84 Å². The van der Waals surface area contributed by atoms with Crippen molar-refractivity contribution in [2.75, 3.05) is 13.2 Å². The van der Waals surface area contributed by atoms with Gasteiger partial charge in [-0.3, -0.25) is 9.59 Å². The lowest BCUT2D eigenvalue weighted by Gasteiger charge is -2.24. The van der Waals surface area contributed by atoms with Gasteiger partial charge in [-0.05, 0) is 44.5 Å². The van der Waals surface area contributed by atoms with Gasteiger partial charge in [-0.25, -0.2) is 0 Å². The molecule has 116 valence electrons. The first kappa shape index (κ1) is 17.5. The number of rotatable bonds is 8. The Hall–Kier alpha value is -1.56. The minimum absolute atomic E-state index is 0.124. The standard InChI is InChI=1S/C15H20BrNO4/c1-11(2)17(10-15(19)20)14(18)4-3-9-21-13-7-5-12(16)6-8-13/h5-8,11H,3-4,9-10H2,1-2H3,(H,19,20). The van der Waals surface area contributed by atoms with Gasteiger partial charge < -0.3 is 14.7 Å². The van der Waals surface area contributed by atoms with E-state index < -0.39 is 5.97 Å². The molecule has 0 fully saturated rings. The summed E-state index contributed by atoms with van der Waals surface area (Å²) in [4.78, 5) is 24.1. The van der Waals surface area contributed by atoms with Crippen LogP contribution < -0.4 is 4.74 Å². The number of nitrogens with zero attached hydrogens (tertiary/aromatic N) is 1. The van der Waals surface area contributed by atoms with Crippen LogP contribution in [0, 0.1) is 0 Å². The zero-order chi connectivity index (χ0) is 15.8.